The van der Waals surface area contributed by atoms with Crippen molar-refractivity contribution in [3.05, 3.63) is 17.5 Å². The van der Waals surface area contributed by atoms with Crippen molar-refractivity contribution >= 4 is 5.95 Å². The number of rotatable bonds is 4. The first-order valence-electron chi connectivity index (χ1n) is 7.43. The van der Waals surface area contributed by atoms with Gasteiger partial charge >= 0.3 is 0 Å². The van der Waals surface area contributed by atoms with Crippen molar-refractivity contribution in [3.8, 4) is 0 Å². The van der Waals surface area contributed by atoms with E-state index in [2.05, 4.69) is 47.0 Å². The molecule has 1 aromatic heterocycles. The first-order valence-corrected chi connectivity index (χ1v) is 7.43. The maximum absolute atomic E-state index is 4.64. The van der Waals surface area contributed by atoms with Gasteiger partial charge in [0, 0.05) is 24.0 Å². The van der Waals surface area contributed by atoms with Crippen LogP contribution in [-0.2, 0) is 0 Å². The summed E-state index contributed by atoms with van der Waals surface area (Å²) < 4.78 is 0. The van der Waals surface area contributed by atoms with E-state index >= 15 is 0 Å². The van der Waals surface area contributed by atoms with Crippen molar-refractivity contribution in [2.45, 2.75) is 52.5 Å². The molecule has 1 atom stereocenters. The molecular formula is C15H26N4. The predicted molar refractivity (Wildman–Crippen MR) is 79.6 cm³/mol. The fourth-order valence-corrected chi connectivity index (χ4v) is 2.60. The molecule has 2 rings (SSSR count). The molecule has 0 aliphatic carbocycles. The zero-order valence-corrected chi connectivity index (χ0v) is 12.6. The van der Waals surface area contributed by atoms with Gasteiger partial charge in [-0.3, -0.25) is 0 Å². The lowest BCUT2D eigenvalue weighted by molar-refractivity contribution is 0.226. The molecule has 0 aromatic carbocycles. The number of likely N-dealkylation sites (tertiary alicyclic amines) is 1. The Morgan fingerprint density at radius 3 is 2.89 bits per heavy atom. The average Bonchev–Trinajstić information content (AvgIpc) is 2.38. The Morgan fingerprint density at radius 1 is 1.42 bits per heavy atom. The molecule has 1 aromatic rings. The van der Waals surface area contributed by atoms with Crippen LogP contribution in [0.2, 0.25) is 0 Å². The summed E-state index contributed by atoms with van der Waals surface area (Å²) in [4.78, 5) is 11.6. The van der Waals surface area contributed by atoms with Gasteiger partial charge in [0.2, 0.25) is 5.95 Å². The van der Waals surface area contributed by atoms with Crippen LogP contribution in [-0.4, -0.2) is 40.5 Å². The van der Waals surface area contributed by atoms with Crippen molar-refractivity contribution in [3.63, 3.8) is 0 Å². The van der Waals surface area contributed by atoms with E-state index < -0.39 is 0 Å². The highest BCUT2D eigenvalue weighted by atomic mass is 15.2. The van der Waals surface area contributed by atoms with Gasteiger partial charge in [0.25, 0.3) is 0 Å². The molecular weight excluding hydrogens is 236 g/mol. The highest BCUT2D eigenvalue weighted by Gasteiger charge is 2.19. The number of hydrogen-bond donors (Lipinski definition) is 1. The topological polar surface area (TPSA) is 41.0 Å². The summed E-state index contributed by atoms with van der Waals surface area (Å²) in [5, 5.41) is 3.52. The highest BCUT2D eigenvalue weighted by Crippen LogP contribution is 2.17. The van der Waals surface area contributed by atoms with Crippen LogP contribution in [0.4, 0.5) is 5.95 Å². The van der Waals surface area contributed by atoms with Gasteiger partial charge in [-0.05, 0) is 44.8 Å². The molecule has 0 radical (unpaired) electrons. The largest absolute Gasteiger partial charge is 0.350 e. The molecule has 0 bridgehead atoms. The second-order valence-corrected chi connectivity index (χ2v) is 5.79. The molecule has 106 valence electrons. The minimum absolute atomic E-state index is 0.445. The number of aryl methyl sites for hydroxylation is 1. The molecule has 1 fully saturated rings. The van der Waals surface area contributed by atoms with Crippen LogP contribution in [0.3, 0.4) is 0 Å². The summed E-state index contributed by atoms with van der Waals surface area (Å²) in [5.41, 5.74) is 2.17. The van der Waals surface area contributed by atoms with Crippen LogP contribution >= 0.6 is 0 Å². The second-order valence-electron chi connectivity index (χ2n) is 5.79. The van der Waals surface area contributed by atoms with Gasteiger partial charge in [-0.25, -0.2) is 9.97 Å². The summed E-state index contributed by atoms with van der Waals surface area (Å²) in [7, 11) is 0. The second kappa shape index (κ2) is 6.33. The Kier molecular flexibility index (Phi) is 4.75. The zero-order valence-electron chi connectivity index (χ0n) is 12.6. The molecule has 2 heterocycles. The summed E-state index contributed by atoms with van der Waals surface area (Å²) in [5.74, 6) is 1.24. The number of hydrogen-bond acceptors (Lipinski definition) is 4. The van der Waals surface area contributed by atoms with E-state index in [4.69, 9.17) is 0 Å². The van der Waals surface area contributed by atoms with E-state index in [0.29, 0.717) is 12.0 Å². The number of nitrogens with zero attached hydrogens (tertiary/aromatic N) is 3. The van der Waals surface area contributed by atoms with Crippen molar-refractivity contribution in [1.82, 2.24) is 14.9 Å². The quantitative estimate of drug-likeness (QED) is 0.906. The summed E-state index contributed by atoms with van der Waals surface area (Å²) in [6, 6.07) is 2.56. The van der Waals surface area contributed by atoms with Crippen LogP contribution < -0.4 is 5.32 Å². The van der Waals surface area contributed by atoms with E-state index in [-0.39, 0.29) is 0 Å². The van der Waals surface area contributed by atoms with E-state index in [1.54, 1.807) is 0 Å². The molecule has 4 heteroatoms. The highest BCUT2D eigenvalue weighted by molar-refractivity contribution is 5.30. The number of nitrogens with one attached hydrogen (secondary N) is 1. The van der Waals surface area contributed by atoms with Crippen LogP contribution in [0.25, 0.3) is 0 Å². The van der Waals surface area contributed by atoms with Crippen molar-refractivity contribution in [1.29, 1.82) is 0 Å². The first-order chi connectivity index (χ1) is 9.08. The summed E-state index contributed by atoms with van der Waals surface area (Å²) >= 11 is 0. The lowest BCUT2D eigenvalue weighted by atomic mass is 10.1. The van der Waals surface area contributed by atoms with E-state index in [0.717, 1.165) is 30.4 Å². The number of anilines is 1. The maximum Gasteiger partial charge on any atom is 0.223 e. The first kappa shape index (κ1) is 14.3. The predicted octanol–water partition coefficient (Wildman–Crippen LogP) is 2.80. The van der Waals surface area contributed by atoms with Crippen molar-refractivity contribution < 1.29 is 0 Å². The van der Waals surface area contributed by atoms with Crippen molar-refractivity contribution in [2.75, 3.05) is 25.0 Å². The van der Waals surface area contributed by atoms with E-state index in [9.17, 15) is 0 Å². The number of aromatic nitrogens is 2. The zero-order chi connectivity index (χ0) is 13.8. The lowest BCUT2D eigenvalue weighted by Crippen LogP contribution is -2.42. The van der Waals surface area contributed by atoms with Gasteiger partial charge in [-0.15, -0.1) is 0 Å². The molecule has 0 spiro atoms. The summed E-state index contributed by atoms with van der Waals surface area (Å²) in [6.45, 7) is 12.1. The minimum Gasteiger partial charge on any atom is -0.350 e. The van der Waals surface area contributed by atoms with Gasteiger partial charge in [0.05, 0.1) is 0 Å². The molecule has 1 N–H and O–H groups in total. The third kappa shape index (κ3) is 3.90. The fraction of sp³-hybridized carbons (Fsp3) is 0.733. The van der Waals surface area contributed by atoms with Crippen LogP contribution in [0.5, 0.6) is 0 Å². The van der Waals surface area contributed by atoms with E-state index in [1.807, 2.05) is 6.92 Å². The van der Waals surface area contributed by atoms with Gasteiger partial charge in [0.15, 0.2) is 0 Å². The van der Waals surface area contributed by atoms with Gasteiger partial charge < -0.3 is 10.2 Å². The number of piperidine rings is 1. The van der Waals surface area contributed by atoms with Gasteiger partial charge in [0.1, 0.15) is 0 Å². The third-order valence-corrected chi connectivity index (χ3v) is 3.75. The standard InChI is InChI=1S/C15H26N4/c1-5-19-8-6-7-13(10-19)17-15-16-12(4)9-14(18-15)11(2)3/h9,11,13H,5-8,10H2,1-4H3,(H,16,17,18). The Morgan fingerprint density at radius 2 is 2.21 bits per heavy atom. The molecule has 4 nitrogen and oxygen atoms in total. The van der Waals surface area contributed by atoms with Gasteiger partial charge in [-0.2, -0.15) is 0 Å². The van der Waals surface area contributed by atoms with Crippen LogP contribution in [0, 0.1) is 6.92 Å². The molecule has 19 heavy (non-hydrogen) atoms. The molecule has 0 amide bonds. The molecule has 1 unspecified atom stereocenters. The smallest absolute Gasteiger partial charge is 0.223 e. The number of likely N-dealkylation sites (N-methyl/N-ethyl adjacent to an activating group) is 1. The van der Waals surface area contributed by atoms with Gasteiger partial charge in [-0.1, -0.05) is 20.8 Å². The molecule has 0 saturated carbocycles. The minimum atomic E-state index is 0.445. The third-order valence-electron chi connectivity index (χ3n) is 3.75. The van der Waals surface area contributed by atoms with Crippen LogP contribution in [0.15, 0.2) is 6.07 Å². The van der Waals surface area contributed by atoms with Crippen LogP contribution in [0.1, 0.15) is 50.9 Å². The average molecular weight is 262 g/mol. The monoisotopic (exact) mass is 262 g/mol. The fourth-order valence-electron chi connectivity index (χ4n) is 2.60. The summed E-state index contributed by atoms with van der Waals surface area (Å²) in [6.07, 6.45) is 2.47. The molecule has 1 aliphatic heterocycles. The Bertz CT molecular complexity index is 417. The normalized spacial score (nSPS) is 20.8. The maximum atomic E-state index is 4.64. The molecule has 1 saturated heterocycles. The molecule has 1 aliphatic rings. The Balaban J connectivity index is 2.06. The van der Waals surface area contributed by atoms with E-state index in [1.165, 1.54) is 19.4 Å². The van der Waals surface area contributed by atoms with Crippen molar-refractivity contribution in [2.24, 2.45) is 0 Å². The SMILES string of the molecule is CCN1CCCC(Nc2nc(C)cc(C(C)C)n2)C1. The Labute approximate surface area is 116 Å². The Hall–Kier alpha value is -1.16. The lowest BCUT2D eigenvalue weighted by Gasteiger charge is -2.32.